The summed E-state index contributed by atoms with van der Waals surface area (Å²) >= 11 is 5.84. The molecule has 1 amide bonds. The van der Waals surface area contributed by atoms with Crippen LogP contribution in [-0.4, -0.2) is 22.2 Å². The number of aromatic nitrogens is 2. The lowest BCUT2D eigenvalue weighted by Gasteiger charge is -2.07. The van der Waals surface area contributed by atoms with Gasteiger partial charge in [-0.3, -0.25) is 9.59 Å². The summed E-state index contributed by atoms with van der Waals surface area (Å²) in [7, 11) is 0. The summed E-state index contributed by atoms with van der Waals surface area (Å²) in [4.78, 5) is 23.4. The zero-order valence-corrected chi connectivity index (χ0v) is 12.0. The van der Waals surface area contributed by atoms with Crippen LogP contribution in [-0.2, 0) is 11.3 Å². The van der Waals surface area contributed by atoms with Crippen LogP contribution in [0.1, 0.15) is 0 Å². The number of rotatable bonds is 5. The molecule has 0 atom stereocenters. The van der Waals surface area contributed by atoms with Crippen molar-refractivity contribution in [2.24, 2.45) is 0 Å². The van der Waals surface area contributed by atoms with Crippen molar-refractivity contribution in [1.29, 1.82) is 0 Å². The molecule has 1 aromatic heterocycles. The topological polar surface area (TPSA) is 64.0 Å². The normalized spacial score (nSPS) is 10.1. The zero-order chi connectivity index (χ0) is 15.2. The van der Waals surface area contributed by atoms with E-state index in [-0.39, 0.29) is 18.0 Å². The number of hydrogen-bond donors (Lipinski definition) is 1. The minimum absolute atomic E-state index is 0.131. The molecule has 108 valence electrons. The largest absolute Gasteiger partial charge is 0.351 e. The summed E-state index contributed by atoms with van der Waals surface area (Å²) in [5, 5.41) is 7.42. The first-order valence-electron chi connectivity index (χ1n) is 6.32. The first-order chi connectivity index (χ1) is 10.1. The smallest absolute Gasteiger partial charge is 0.267 e. The number of halogens is 1. The second kappa shape index (κ2) is 6.85. The van der Waals surface area contributed by atoms with E-state index in [1.165, 1.54) is 6.07 Å². The molecule has 5 nitrogen and oxygen atoms in total. The van der Waals surface area contributed by atoms with Crippen LogP contribution in [0.5, 0.6) is 0 Å². The van der Waals surface area contributed by atoms with Gasteiger partial charge in [0.15, 0.2) is 0 Å². The van der Waals surface area contributed by atoms with Crippen molar-refractivity contribution in [3.05, 3.63) is 64.4 Å². The fraction of sp³-hybridized carbons (Fsp3) is 0.133. The Morgan fingerprint density at radius 3 is 2.67 bits per heavy atom. The van der Waals surface area contributed by atoms with Crippen LogP contribution in [0.2, 0.25) is 5.02 Å². The average Bonchev–Trinajstić information content (AvgIpc) is 2.48. The molecule has 1 heterocycles. The van der Waals surface area contributed by atoms with Gasteiger partial charge in [0, 0.05) is 23.2 Å². The Labute approximate surface area is 126 Å². The van der Waals surface area contributed by atoms with Crippen LogP contribution < -0.4 is 10.9 Å². The number of nitrogens with one attached hydrogen (secondary N) is 1. The van der Waals surface area contributed by atoms with Gasteiger partial charge in [-0.1, -0.05) is 29.8 Å². The quantitative estimate of drug-likeness (QED) is 0.858. The monoisotopic (exact) mass is 303 g/mol. The maximum Gasteiger partial charge on any atom is 0.267 e. The molecule has 0 spiro atoms. The Balaban J connectivity index is 2.25. The number of carbonyl (C=O) groups is 1. The van der Waals surface area contributed by atoms with Gasteiger partial charge in [0.2, 0.25) is 5.91 Å². The van der Waals surface area contributed by atoms with Crippen molar-refractivity contribution in [2.75, 3.05) is 6.54 Å². The molecule has 1 N–H and O–H groups in total. The zero-order valence-electron chi connectivity index (χ0n) is 11.3. The van der Waals surface area contributed by atoms with E-state index in [2.05, 4.69) is 17.0 Å². The lowest BCUT2D eigenvalue weighted by molar-refractivity contribution is -0.121. The molecule has 0 saturated carbocycles. The summed E-state index contributed by atoms with van der Waals surface area (Å²) in [5.74, 6) is -0.294. The molecule has 1 aromatic carbocycles. The summed E-state index contributed by atoms with van der Waals surface area (Å²) in [6.07, 6.45) is 1.57. The predicted octanol–water partition coefficient (Wildman–Crippen LogP) is 1.87. The van der Waals surface area contributed by atoms with Crippen LogP contribution in [0.25, 0.3) is 11.3 Å². The van der Waals surface area contributed by atoms with Crippen LogP contribution in [0.4, 0.5) is 0 Å². The predicted molar refractivity (Wildman–Crippen MR) is 82.1 cm³/mol. The summed E-state index contributed by atoms with van der Waals surface area (Å²) in [6, 6.07) is 10.1. The lowest BCUT2D eigenvalue weighted by Crippen LogP contribution is -2.33. The van der Waals surface area contributed by atoms with Crippen LogP contribution in [0.15, 0.2) is 53.8 Å². The molecule has 0 fully saturated rings. The van der Waals surface area contributed by atoms with E-state index in [0.717, 1.165) is 10.2 Å². The number of carbonyl (C=O) groups excluding carboxylic acids is 1. The first kappa shape index (κ1) is 15.0. The van der Waals surface area contributed by atoms with Crippen molar-refractivity contribution in [3.63, 3.8) is 0 Å². The minimum atomic E-state index is -0.332. The second-order valence-corrected chi connectivity index (χ2v) is 4.75. The maximum atomic E-state index is 11.7. The van der Waals surface area contributed by atoms with E-state index < -0.39 is 0 Å². The molecule has 6 heteroatoms. The highest BCUT2D eigenvalue weighted by molar-refractivity contribution is 6.30. The van der Waals surface area contributed by atoms with Gasteiger partial charge in [-0.2, -0.15) is 5.10 Å². The highest BCUT2D eigenvalue weighted by atomic mass is 35.5. The first-order valence-corrected chi connectivity index (χ1v) is 6.69. The molecule has 2 rings (SSSR count). The van der Waals surface area contributed by atoms with E-state index in [1.807, 2.05) is 0 Å². The molecule has 0 saturated heterocycles. The fourth-order valence-electron chi connectivity index (χ4n) is 1.71. The van der Waals surface area contributed by atoms with Crippen molar-refractivity contribution < 1.29 is 4.79 Å². The number of benzene rings is 1. The highest BCUT2D eigenvalue weighted by Crippen LogP contribution is 2.18. The molecule has 0 unspecified atom stereocenters. The fourth-order valence-corrected chi connectivity index (χ4v) is 1.84. The molecule has 2 aromatic rings. The Hall–Kier alpha value is -2.40. The summed E-state index contributed by atoms with van der Waals surface area (Å²) < 4.78 is 1.13. The third-order valence-corrected chi connectivity index (χ3v) is 3.00. The van der Waals surface area contributed by atoms with Gasteiger partial charge in [0.25, 0.3) is 5.56 Å². The van der Waals surface area contributed by atoms with Crippen molar-refractivity contribution >= 4 is 17.5 Å². The maximum absolute atomic E-state index is 11.7. The van der Waals surface area contributed by atoms with Gasteiger partial charge in [-0.25, -0.2) is 4.68 Å². The van der Waals surface area contributed by atoms with E-state index >= 15 is 0 Å². The average molecular weight is 304 g/mol. The van der Waals surface area contributed by atoms with E-state index in [9.17, 15) is 9.59 Å². The van der Waals surface area contributed by atoms with Gasteiger partial charge < -0.3 is 5.32 Å². The van der Waals surface area contributed by atoms with Gasteiger partial charge in [-0.15, -0.1) is 6.58 Å². The molecule has 0 radical (unpaired) electrons. The van der Waals surface area contributed by atoms with Gasteiger partial charge in [0.1, 0.15) is 6.54 Å². The third kappa shape index (κ3) is 4.03. The SMILES string of the molecule is C=CCNC(=O)Cn1nc(-c2ccc(Cl)cc2)ccc1=O. The Kier molecular flexibility index (Phi) is 4.90. The number of hydrogen-bond acceptors (Lipinski definition) is 3. The standard InChI is InChI=1S/C15H14ClN3O2/c1-2-9-17-14(20)10-19-15(21)8-7-13(18-19)11-3-5-12(16)6-4-11/h2-8H,1,9-10H2,(H,17,20). The summed E-state index contributed by atoms with van der Waals surface area (Å²) in [6.45, 7) is 3.73. The van der Waals surface area contributed by atoms with Gasteiger partial charge in [0.05, 0.1) is 5.69 Å². The number of nitrogens with zero attached hydrogens (tertiary/aromatic N) is 2. The Bertz CT molecular complexity index is 708. The molecule has 0 aliphatic heterocycles. The molecule has 21 heavy (non-hydrogen) atoms. The molecular weight excluding hydrogens is 290 g/mol. The van der Waals surface area contributed by atoms with Gasteiger partial charge >= 0.3 is 0 Å². The molecule has 0 aliphatic carbocycles. The molecular formula is C15H14ClN3O2. The summed E-state index contributed by atoms with van der Waals surface area (Å²) in [5.41, 5.74) is 1.09. The van der Waals surface area contributed by atoms with Crippen LogP contribution in [0, 0.1) is 0 Å². The second-order valence-electron chi connectivity index (χ2n) is 4.31. The Morgan fingerprint density at radius 2 is 2.00 bits per heavy atom. The minimum Gasteiger partial charge on any atom is -0.351 e. The molecule has 0 aliphatic rings. The molecule has 0 bridgehead atoms. The lowest BCUT2D eigenvalue weighted by atomic mass is 10.1. The van der Waals surface area contributed by atoms with E-state index in [4.69, 9.17) is 11.6 Å². The Morgan fingerprint density at radius 1 is 1.29 bits per heavy atom. The van der Waals surface area contributed by atoms with E-state index in [0.29, 0.717) is 17.3 Å². The highest BCUT2D eigenvalue weighted by Gasteiger charge is 2.07. The van der Waals surface area contributed by atoms with Crippen molar-refractivity contribution in [3.8, 4) is 11.3 Å². The third-order valence-electron chi connectivity index (χ3n) is 2.74. The van der Waals surface area contributed by atoms with Crippen molar-refractivity contribution in [2.45, 2.75) is 6.54 Å². The van der Waals surface area contributed by atoms with Crippen LogP contribution >= 0.6 is 11.6 Å². The van der Waals surface area contributed by atoms with E-state index in [1.54, 1.807) is 36.4 Å². The van der Waals surface area contributed by atoms with Gasteiger partial charge in [-0.05, 0) is 18.2 Å². The van der Waals surface area contributed by atoms with Crippen LogP contribution in [0.3, 0.4) is 0 Å². The van der Waals surface area contributed by atoms with Crippen molar-refractivity contribution in [1.82, 2.24) is 15.1 Å². The number of amides is 1.